The standard InChI is InChI=1S/C10H17NO2/c1-4-13-10(12)8(2)9-6-5-7-11(9)3/h4-7H2,1-3H3/b9-8-. The Balaban J connectivity index is 2.72. The molecule has 1 rings (SSSR count). The Labute approximate surface area is 79.4 Å². The van der Waals surface area contributed by atoms with Gasteiger partial charge in [0.2, 0.25) is 0 Å². The van der Waals surface area contributed by atoms with E-state index in [1.807, 2.05) is 20.9 Å². The Morgan fingerprint density at radius 2 is 2.31 bits per heavy atom. The zero-order valence-electron chi connectivity index (χ0n) is 8.59. The normalized spacial score (nSPS) is 20.4. The summed E-state index contributed by atoms with van der Waals surface area (Å²) in [7, 11) is 2.02. The number of esters is 1. The predicted octanol–water partition coefficient (Wildman–Crippen LogP) is 1.55. The average molecular weight is 183 g/mol. The highest BCUT2D eigenvalue weighted by Crippen LogP contribution is 2.22. The quantitative estimate of drug-likeness (QED) is 0.480. The fourth-order valence-corrected chi connectivity index (χ4v) is 1.64. The number of rotatable bonds is 2. The molecule has 3 heteroatoms. The van der Waals surface area contributed by atoms with Crippen LogP contribution in [0.15, 0.2) is 11.3 Å². The summed E-state index contributed by atoms with van der Waals surface area (Å²) in [6, 6.07) is 0. The Bertz CT molecular complexity index is 233. The van der Waals surface area contributed by atoms with Gasteiger partial charge in [0, 0.05) is 19.3 Å². The van der Waals surface area contributed by atoms with Gasteiger partial charge in [-0.3, -0.25) is 0 Å². The van der Waals surface area contributed by atoms with Crippen molar-refractivity contribution in [2.75, 3.05) is 20.2 Å². The van der Waals surface area contributed by atoms with Crippen LogP contribution >= 0.6 is 0 Å². The molecule has 0 spiro atoms. The van der Waals surface area contributed by atoms with Crippen molar-refractivity contribution in [2.24, 2.45) is 0 Å². The van der Waals surface area contributed by atoms with E-state index in [-0.39, 0.29) is 5.97 Å². The van der Waals surface area contributed by atoms with Crippen LogP contribution < -0.4 is 0 Å². The summed E-state index contributed by atoms with van der Waals surface area (Å²) in [6.07, 6.45) is 2.14. The second-order valence-electron chi connectivity index (χ2n) is 3.32. The van der Waals surface area contributed by atoms with Gasteiger partial charge in [0.15, 0.2) is 0 Å². The topological polar surface area (TPSA) is 29.5 Å². The molecule has 0 aromatic heterocycles. The molecule has 0 amide bonds. The maximum atomic E-state index is 11.4. The first kappa shape index (κ1) is 10.1. The van der Waals surface area contributed by atoms with Crippen LogP contribution in [0.3, 0.4) is 0 Å². The molecule has 0 aromatic rings. The molecule has 0 aromatic carbocycles. The van der Waals surface area contributed by atoms with Crippen molar-refractivity contribution in [3.05, 3.63) is 11.3 Å². The predicted molar refractivity (Wildman–Crippen MR) is 51.2 cm³/mol. The lowest BCUT2D eigenvalue weighted by Crippen LogP contribution is -2.16. The van der Waals surface area contributed by atoms with E-state index in [4.69, 9.17) is 4.74 Å². The largest absolute Gasteiger partial charge is 0.463 e. The van der Waals surface area contributed by atoms with Crippen molar-refractivity contribution in [1.82, 2.24) is 4.90 Å². The Morgan fingerprint density at radius 3 is 2.77 bits per heavy atom. The minimum Gasteiger partial charge on any atom is -0.463 e. The maximum absolute atomic E-state index is 11.4. The molecule has 0 N–H and O–H groups in total. The number of likely N-dealkylation sites (tertiary alicyclic amines) is 1. The molecule has 3 nitrogen and oxygen atoms in total. The zero-order chi connectivity index (χ0) is 9.84. The first-order chi connectivity index (χ1) is 6.16. The second kappa shape index (κ2) is 4.30. The molecule has 13 heavy (non-hydrogen) atoms. The molecule has 0 saturated carbocycles. The van der Waals surface area contributed by atoms with Gasteiger partial charge in [-0.1, -0.05) is 0 Å². The third kappa shape index (κ3) is 2.23. The monoisotopic (exact) mass is 183 g/mol. The number of hydrogen-bond donors (Lipinski definition) is 0. The minimum atomic E-state index is -0.175. The van der Waals surface area contributed by atoms with Crippen LogP contribution in [0.25, 0.3) is 0 Å². The highest BCUT2D eigenvalue weighted by atomic mass is 16.5. The van der Waals surface area contributed by atoms with E-state index in [1.54, 1.807) is 0 Å². The average Bonchev–Trinajstić information content (AvgIpc) is 2.50. The molecule has 1 fully saturated rings. The zero-order valence-corrected chi connectivity index (χ0v) is 8.59. The summed E-state index contributed by atoms with van der Waals surface area (Å²) < 4.78 is 4.94. The lowest BCUT2D eigenvalue weighted by atomic mass is 10.2. The molecule has 0 atom stereocenters. The first-order valence-electron chi connectivity index (χ1n) is 4.74. The molecule has 1 aliphatic rings. The van der Waals surface area contributed by atoms with Crippen LogP contribution in [-0.4, -0.2) is 31.1 Å². The highest BCUT2D eigenvalue weighted by molar-refractivity contribution is 5.88. The van der Waals surface area contributed by atoms with Crippen molar-refractivity contribution >= 4 is 5.97 Å². The van der Waals surface area contributed by atoms with Crippen LogP contribution in [0, 0.1) is 0 Å². The van der Waals surface area contributed by atoms with Crippen LogP contribution in [0.4, 0.5) is 0 Å². The lowest BCUT2D eigenvalue weighted by molar-refractivity contribution is -0.138. The summed E-state index contributed by atoms with van der Waals surface area (Å²) in [5.74, 6) is -0.175. The smallest absolute Gasteiger partial charge is 0.335 e. The number of ether oxygens (including phenoxy) is 1. The maximum Gasteiger partial charge on any atom is 0.335 e. The van der Waals surface area contributed by atoms with Gasteiger partial charge in [0.25, 0.3) is 0 Å². The molecule has 1 saturated heterocycles. The molecular weight excluding hydrogens is 166 g/mol. The summed E-state index contributed by atoms with van der Waals surface area (Å²) in [5, 5.41) is 0. The van der Waals surface area contributed by atoms with Crippen molar-refractivity contribution < 1.29 is 9.53 Å². The van der Waals surface area contributed by atoms with Crippen LogP contribution in [0.2, 0.25) is 0 Å². The third-order valence-electron chi connectivity index (χ3n) is 2.38. The van der Waals surface area contributed by atoms with E-state index in [2.05, 4.69) is 4.90 Å². The van der Waals surface area contributed by atoms with Gasteiger partial charge in [-0.05, 0) is 26.7 Å². The van der Waals surface area contributed by atoms with Gasteiger partial charge < -0.3 is 9.64 Å². The number of carbonyl (C=O) groups excluding carboxylic acids is 1. The summed E-state index contributed by atoms with van der Waals surface area (Å²) in [4.78, 5) is 13.5. The third-order valence-corrected chi connectivity index (χ3v) is 2.38. The number of nitrogens with zero attached hydrogens (tertiary/aromatic N) is 1. The number of allylic oxidation sites excluding steroid dienone is 1. The molecular formula is C10H17NO2. The minimum absolute atomic E-state index is 0.175. The lowest BCUT2D eigenvalue weighted by Gasteiger charge is -2.15. The second-order valence-corrected chi connectivity index (χ2v) is 3.32. The number of carbonyl (C=O) groups is 1. The van der Waals surface area contributed by atoms with Crippen molar-refractivity contribution in [3.63, 3.8) is 0 Å². The van der Waals surface area contributed by atoms with E-state index in [1.165, 1.54) is 0 Å². The van der Waals surface area contributed by atoms with E-state index in [9.17, 15) is 4.79 Å². The van der Waals surface area contributed by atoms with Crippen LogP contribution in [-0.2, 0) is 9.53 Å². The van der Waals surface area contributed by atoms with Crippen molar-refractivity contribution in [3.8, 4) is 0 Å². The SMILES string of the molecule is CCOC(=O)/C(C)=C1/CCCN1C. The summed E-state index contributed by atoms with van der Waals surface area (Å²) >= 11 is 0. The first-order valence-corrected chi connectivity index (χ1v) is 4.74. The van der Waals surface area contributed by atoms with Crippen molar-refractivity contribution in [1.29, 1.82) is 0 Å². The fourth-order valence-electron chi connectivity index (χ4n) is 1.64. The van der Waals surface area contributed by atoms with Gasteiger partial charge in [-0.2, -0.15) is 0 Å². The molecule has 74 valence electrons. The van der Waals surface area contributed by atoms with Gasteiger partial charge in [-0.15, -0.1) is 0 Å². The molecule has 0 radical (unpaired) electrons. The summed E-state index contributed by atoms with van der Waals surface area (Å²) in [5.41, 5.74) is 1.90. The van der Waals surface area contributed by atoms with Gasteiger partial charge in [0.1, 0.15) is 0 Å². The van der Waals surface area contributed by atoms with Gasteiger partial charge in [0.05, 0.1) is 12.2 Å². The molecule has 1 heterocycles. The van der Waals surface area contributed by atoms with E-state index < -0.39 is 0 Å². The molecule has 0 aliphatic carbocycles. The van der Waals surface area contributed by atoms with Crippen LogP contribution in [0.5, 0.6) is 0 Å². The van der Waals surface area contributed by atoms with Crippen molar-refractivity contribution in [2.45, 2.75) is 26.7 Å². The molecule has 0 unspecified atom stereocenters. The summed E-state index contributed by atoms with van der Waals surface area (Å²) in [6.45, 7) is 5.17. The highest BCUT2D eigenvalue weighted by Gasteiger charge is 2.19. The number of hydrogen-bond acceptors (Lipinski definition) is 3. The Hall–Kier alpha value is -0.990. The van der Waals surface area contributed by atoms with E-state index in [0.717, 1.165) is 30.7 Å². The van der Waals surface area contributed by atoms with Crippen LogP contribution in [0.1, 0.15) is 26.7 Å². The fraction of sp³-hybridized carbons (Fsp3) is 0.700. The van der Waals surface area contributed by atoms with E-state index in [0.29, 0.717) is 6.61 Å². The van der Waals surface area contributed by atoms with Gasteiger partial charge >= 0.3 is 5.97 Å². The van der Waals surface area contributed by atoms with Gasteiger partial charge in [-0.25, -0.2) is 4.79 Å². The Morgan fingerprint density at radius 1 is 1.62 bits per heavy atom. The Kier molecular flexibility index (Phi) is 3.34. The molecule has 0 bridgehead atoms. The molecule has 1 aliphatic heterocycles. The van der Waals surface area contributed by atoms with E-state index >= 15 is 0 Å².